The SMILES string of the molecule is CCn1c(SCC(=O)Nc2ccc(C(C)C)cc2)nnc1[C@H](C)NC(=O)c1ccccc1F. The van der Waals surface area contributed by atoms with Crippen molar-refractivity contribution in [3.8, 4) is 0 Å². The Morgan fingerprint density at radius 2 is 1.76 bits per heavy atom. The van der Waals surface area contributed by atoms with Crippen LogP contribution < -0.4 is 10.6 Å². The predicted octanol–water partition coefficient (Wildman–Crippen LogP) is 4.78. The van der Waals surface area contributed by atoms with Gasteiger partial charge in [0.15, 0.2) is 11.0 Å². The number of nitrogens with zero attached hydrogens (tertiary/aromatic N) is 3. The van der Waals surface area contributed by atoms with E-state index in [0.29, 0.717) is 23.4 Å². The second kappa shape index (κ2) is 11.1. The summed E-state index contributed by atoms with van der Waals surface area (Å²) in [6.45, 7) is 8.49. The summed E-state index contributed by atoms with van der Waals surface area (Å²) in [7, 11) is 0. The number of aromatic nitrogens is 3. The van der Waals surface area contributed by atoms with E-state index in [0.717, 1.165) is 5.69 Å². The van der Waals surface area contributed by atoms with Gasteiger partial charge in [0.1, 0.15) is 5.82 Å². The first kappa shape index (κ1) is 24.4. The van der Waals surface area contributed by atoms with Crippen molar-refractivity contribution in [1.82, 2.24) is 20.1 Å². The Hall–Kier alpha value is -3.20. The van der Waals surface area contributed by atoms with Gasteiger partial charge in [-0.25, -0.2) is 4.39 Å². The van der Waals surface area contributed by atoms with Gasteiger partial charge in [-0.2, -0.15) is 0 Å². The summed E-state index contributed by atoms with van der Waals surface area (Å²) in [4.78, 5) is 24.8. The van der Waals surface area contributed by atoms with E-state index in [1.54, 1.807) is 13.0 Å². The molecule has 1 atom stereocenters. The van der Waals surface area contributed by atoms with Crippen molar-refractivity contribution in [3.63, 3.8) is 0 Å². The minimum Gasteiger partial charge on any atom is -0.342 e. The molecular formula is C24H28FN5O2S. The first-order valence-corrected chi connectivity index (χ1v) is 11.8. The van der Waals surface area contributed by atoms with Crippen molar-refractivity contribution in [1.29, 1.82) is 0 Å². The number of hydrogen-bond acceptors (Lipinski definition) is 5. The molecule has 0 bridgehead atoms. The summed E-state index contributed by atoms with van der Waals surface area (Å²) >= 11 is 1.27. The number of hydrogen-bond donors (Lipinski definition) is 2. The smallest absolute Gasteiger partial charge is 0.254 e. The standard InChI is InChI=1S/C24H28FN5O2S/c1-5-30-22(16(4)26-23(32)19-8-6-7-9-20(19)25)28-29-24(30)33-14-21(31)27-18-12-10-17(11-13-18)15(2)3/h6-13,15-16H,5,14H2,1-4H3,(H,26,32)(H,27,31)/t16-/m0/s1. The highest BCUT2D eigenvalue weighted by molar-refractivity contribution is 7.99. The second-order valence-electron chi connectivity index (χ2n) is 7.87. The highest BCUT2D eigenvalue weighted by atomic mass is 32.2. The van der Waals surface area contributed by atoms with E-state index >= 15 is 0 Å². The molecule has 0 unspecified atom stereocenters. The summed E-state index contributed by atoms with van der Waals surface area (Å²) in [5, 5.41) is 14.6. The monoisotopic (exact) mass is 469 g/mol. The first-order chi connectivity index (χ1) is 15.8. The van der Waals surface area contributed by atoms with E-state index in [1.165, 1.54) is 35.5 Å². The molecule has 0 aliphatic carbocycles. The average Bonchev–Trinajstić information content (AvgIpc) is 3.21. The van der Waals surface area contributed by atoms with E-state index in [4.69, 9.17) is 0 Å². The molecule has 2 aromatic carbocycles. The van der Waals surface area contributed by atoms with Crippen LogP contribution in [0, 0.1) is 5.82 Å². The van der Waals surface area contributed by atoms with Crippen molar-refractivity contribution in [3.05, 3.63) is 71.3 Å². The van der Waals surface area contributed by atoms with Gasteiger partial charge in [-0.15, -0.1) is 10.2 Å². The van der Waals surface area contributed by atoms with Crippen LogP contribution in [0.4, 0.5) is 10.1 Å². The third-order valence-corrected chi connectivity index (χ3v) is 6.08. The van der Waals surface area contributed by atoms with Gasteiger partial charge < -0.3 is 15.2 Å². The van der Waals surface area contributed by atoms with Crippen molar-refractivity contribution in [2.75, 3.05) is 11.1 Å². The van der Waals surface area contributed by atoms with Gasteiger partial charge in [0.2, 0.25) is 5.91 Å². The Bertz CT molecular complexity index is 1110. The lowest BCUT2D eigenvalue weighted by atomic mass is 10.0. The van der Waals surface area contributed by atoms with Crippen LogP contribution in [-0.4, -0.2) is 32.3 Å². The van der Waals surface area contributed by atoms with Crippen LogP contribution in [0.3, 0.4) is 0 Å². The molecular weight excluding hydrogens is 441 g/mol. The number of halogens is 1. The Labute approximate surface area is 197 Å². The third-order valence-electron chi connectivity index (χ3n) is 5.11. The van der Waals surface area contributed by atoms with Crippen molar-refractivity contribution >= 4 is 29.3 Å². The summed E-state index contributed by atoms with van der Waals surface area (Å²) in [6.07, 6.45) is 0. The maximum Gasteiger partial charge on any atom is 0.254 e. The van der Waals surface area contributed by atoms with E-state index in [1.807, 2.05) is 35.8 Å². The molecule has 3 aromatic rings. The molecule has 2 amide bonds. The van der Waals surface area contributed by atoms with Gasteiger partial charge in [-0.05, 0) is 49.6 Å². The lowest BCUT2D eigenvalue weighted by Crippen LogP contribution is -2.29. The molecule has 174 valence electrons. The van der Waals surface area contributed by atoms with Crippen LogP contribution in [0.2, 0.25) is 0 Å². The molecule has 7 nitrogen and oxygen atoms in total. The van der Waals surface area contributed by atoms with Crippen LogP contribution in [0.25, 0.3) is 0 Å². The maximum absolute atomic E-state index is 13.9. The summed E-state index contributed by atoms with van der Waals surface area (Å²) in [5.41, 5.74) is 1.92. The summed E-state index contributed by atoms with van der Waals surface area (Å²) in [5.74, 6) is -0.123. The lowest BCUT2D eigenvalue weighted by Gasteiger charge is -2.15. The molecule has 0 aliphatic rings. The van der Waals surface area contributed by atoms with Crippen LogP contribution in [0.5, 0.6) is 0 Å². The topological polar surface area (TPSA) is 88.9 Å². The zero-order valence-electron chi connectivity index (χ0n) is 19.1. The fourth-order valence-electron chi connectivity index (χ4n) is 3.29. The van der Waals surface area contributed by atoms with Crippen LogP contribution in [0.15, 0.2) is 53.7 Å². The molecule has 9 heteroatoms. The average molecular weight is 470 g/mol. The molecule has 0 radical (unpaired) electrons. The number of thioether (sulfide) groups is 1. The molecule has 3 rings (SSSR count). The minimum absolute atomic E-state index is 0.0281. The molecule has 0 fully saturated rings. The van der Waals surface area contributed by atoms with E-state index in [9.17, 15) is 14.0 Å². The highest BCUT2D eigenvalue weighted by Gasteiger charge is 2.21. The van der Waals surface area contributed by atoms with Crippen LogP contribution in [0.1, 0.15) is 61.4 Å². The normalized spacial score (nSPS) is 11.9. The Balaban J connectivity index is 1.61. The fourth-order valence-corrected chi connectivity index (χ4v) is 4.10. The second-order valence-corrected chi connectivity index (χ2v) is 8.82. The number of amides is 2. The van der Waals surface area contributed by atoms with Crippen molar-refractivity contribution in [2.24, 2.45) is 0 Å². The Morgan fingerprint density at radius 3 is 2.39 bits per heavy atom. The Morgan fingerprint density at radius 1 is 1.06 bits per heavy atom. The van der Waals surface area contributed by atoms with Gasteiger partial charge in [0.25, 0.3) is 5.91 Å². The van der Waals surface area contributed by atoms with Gasteiger partial charge in [0, 0.05) is 12.2 Å². The Kier molecular flexibility index (Phi) is 8.21. The van der Waals surface area contributed by atoms with E-state index < -0.39 is 17.8 Å². The fraction of sp³-hybridized carbons (Fsp3) is 0.333. The van der Waals surface area contributed by atoms with Gasteiger partial charge in [-0.1, -0.05) is 49.9 Å². The van der Waals surface area contributed by atoms with Gasteiger partial charge in [0.05, 0.1) is 17.4 Å². The summed E-state index contributed by atoms with van der Waals surface area (Å²) in [6, 6.07) is 13.1. The zero-order valence-corrected chi connectivity index (χ0v) is 19.9. The number of carbonyl (C=O) groups excluding carboxylic acids is 2. The number of anilines is 1. The largest absolute Gasteiger partial charge is 0.342 e. The number of benzene rings is 2. The molecule has 0 saturated carbocycles. The molecule has 33 heavy (non-hydrogen) atoms. The lowest BCUT2D eigenvalue weighted by molar-refractivity contribution is -0.113. The van der Waals surface area contributed by atoms with E-state index in [-0.39, 0.29) is 17.2 Å². The first-order valence-electron chi connectivity index (χ1n) is 10.8. The zero-order chi connectivity index (χ0) is 24.0. The molecule has 0 aliphatic heterocycles. The number of rotatable bonds is 9. The minimum atomic E-state index is -0.583. The highest BCUT2D eigenvalue weighted by Crippen LogP contribution is 2.22. The molecule has 1 heterocycles. The van der Waals surface area contributed by atoms with Crippen molar-refractivity contribution < 1.29 is 14.0 Å². The van der Waals surface area contributed by atoms with E-state index in [2.05, 4.69) is 34.7 Å². The maximum atomic E-state index is 13.9. The molecule has 2 N–H and O–H groups in total. The number of carbonyl (C=O) groups is 2. The quantitative estimate of drug-likeness (QED) is 0.440. The van der Waals surface area contributed by atoms with Crippen molar-refractivity contribution in [2.45, 2.75) is 51.4 Å². The molecule has 0 spiro atoms. The number of nitrogens with one attached hydrogen (secondary N) is 2. The summed E-state index contributed by atoms with van der Waals surface area (Å²) < 4.78 is 15.7. The van der Waals surface area contributed by atoms with Gasteiger partial charge in [-0.3, -0.25) is 9.59 Å². The van der Waals surface area contributed by atoms with Gasteiger partial charge >= 0.3 is 0 Å². The molecule has 0 saturated heterocycles. The van der Waals surface area contributed by atoms with Crippen LogP contribution in [-0.2, 0) is 11.3 Å². The molecule has 1 aromatic heterocycles. The van der Waals surface area contributed by atoms with Crippen LogP contribution >= 0.6 is 11.8 Å². The predicted molar refractivity (Wildman–Crippen MR) is 128 cm³/mol. The third kappa shape index (κ3) is 6.19.